The predicted molar refractivity (Wildman–Crippen MR) is 98.2 cm³/mol. The van der Waals surface area contributed by atoms with Crippen LogP contribution in [0.1, 0.15) is 13.8 Å². The van der Waals surface area contributed by atoms with Gasteiger partial charge in [-0.1, -0.05) is 6.08 Å². The van der Waals surface area contributed by atoms with Gasteiger partial charge in [-0.2, -0.15) is 9.97 Å². The highest BCUT2D eigenvalue weighted by molar-refractivity contribution is 5.83. The molecule has 0 amide bonds. The van der Waals surface area contributed by atoms with Gasteiger partial charge in [-0.05, 0) is 37.6 Å². The van der Waals surface area contributed by atoms with E-state index in [9.17, 15) is 4.79 Å². The van der Waals surface area contributed by atoms with E-state index in [2.05, 4.69) is 40.2 Å². The Morgan fingerprint density at radius 3 is 2.77 bits per heavy atom. The zero-order valence-electron chi connectivity index (χ0n) is 15.0. The number of anilines is 1. The number of H-pyrrole nitrogens is 1. The summed E-state index contributed by atoms with van der Waals surface area (Å²) in [6, 6.07) is 0.217. The molecule has 4 rings (SSSR count). The minimum Gasteiger partial charge on any atom is -0.493 e. The summed E-state index contributed by atoms with van der Waals surface area (Å²) in [6.07, 6.45) is 7.89. The van der Waals surface area contributed by atoms with Crippen LogP contribution < -0.4 is 15.7 Å². The molecule has 2 aromatic rings. The van der Waals surface area contributed by atoms with Crippen LogP contribution >= 0.6 is 0 Å². The Balaban J connectivity index is 1.88. The molecule has 3 heterocycles. The Bertz CT molecular complexity index is 1010. The van der Waals surface area contributed by atoms with Crippen molar-refractivity contribution >= 4 is 17.0 Å². The third-order valence-electron chi connectivity index (χ3n) is 4.49. The highest BCUT2D eigenvalue weighted by Crippen LogP contribution is 2.37. The van der Waals surface area contributed by atoms with E-state index in [1.807, 2.05) is 18.2 Å². The topological polar surface area (TPSA) is 94.1 Å². The SMILES string of the molecule is CNc1nc2nc3c1[nH]c(=O)n3CC1=CC(C)(C)C(=C1)OC/C=C/CO2. The smallest absolute Gasteiger partial charge is 0.328 e. The normalized spacial score (nSPS) is 20.0. The van der Waals surface area contributed by atoms with Crippen molar-refractivity contribution in [3.8, 4) is 6.01 Å². The fourth-order valence-electron chi connectivity index (χ4n) is 3.23. The summed E-state index contributed by atoms with van der Waals surface area (Å²) in [7, 11) is 1.74. The molecule has 136 valence electrons. The summed E-state index contributed by atoms with van der Waals surface area (Å²) < 4.78 is 13.1. The molecule has 0 aromatic carbocycles. The van der Waals surface area contributed by atoms with Gasteiger partial charge in [0.15, 0.2) is 11.5 Å². The van der Waals surface area contributed by atoms with Gasteiger partial charge >= 0.3 is 11.7 Å². The first-order valence-electron chi connectivity index (χ1n) is 8.51. The van der Waals surface area contributed by atoms with Gasteiger partial charge in [-0.3, -0.25) is 4.57 Å². The van der Waals surface area contributed by atoms with Crippen molar-refractivity contribution in [2.24, 2.45) is 5.41 Å². The maximum atomic E-state index is 12.5. The number of hydrogen-bond acceptors (Lipinski definition) is 6. The van der Waals surface area contributed by atoms with E-state index in [-0.39, 0.29) is 17.1 Å². The fraction of sp³-hybridized carbons (Fsp3) is 0.389. The largest absolute Gasteiger partial charge is 0.493 e. The van der Waals surface area contributed by atoms with Gasteiger partial charge < -0.3 is 19.8 Å². The summed E-state index contributed by atoms with van der Waals surface area (Å²) in [5.74, 6) is 1.41. The molecular weight excluding hydrogens is 334 g/mol. The summed E-state index contributed by atoms with van der Waals surface area (Å²) >= 11 is 0. The van der Waals surface area contributed by atoms with Gasteiger partial charge in [0, 0.05) is 12.5 Å². The molecule has 2 N–H and O–H groups in total. The molecule has 2 aromatic heterocycles. The van der Waals surface area contributed by atoms with Crippen molar-refractivity contribution in [1.82, 2.24) is 19.5 Å². The lowest BCUT2D eigenvalue weighted by Crippen LogP contribution is -2.18. The molecule has 1 aliphatic heterocycles. The van der Waals surface area contributed by atoms with Gasteiger partial charge in [0.2, 0.25) is 0 Å². The van der Waals surface area contributed by atoms with E-state index >= 15 is 0 Å². The van der Waals surface area contributed by atoms with Crippen LogP contribution in [0.25, 0.3) is 11.2 Å². The number of fused-ring (bicyclic) bond motifs is 2. The average Bonchev–Trinajstić information content (AvgIpc) is 3.06. The number of nitrogens with one attached hydrogen (secondary N) is 2. The Hall–Kier alpha value is -3.03. The van der Waals surface area contributed by atoms with Crippen LogP contribution in [-0.4, -0.2) is 39.8 Å². The predicted octanol–water partition coefficient (Wildman–Crippen LogP) is 1.98. The molecule has 0 radical (unpaired) electrons. The van der Waals surface area contributed by atoms with Crippen LogP contribution in [0.15, 0.2) is 40.4 Å². The summed E-state index contributed by atoms with van der Waals surface area (Å²) in [6.45, 7) is 5.35. The van der Waals surface area contributed by atoms with Crippen LogP contribution in [0.4, 0.5) is 5.82 Å². The van der Waals surface area contributed by atoms with Gasteiger partial charge in [-0.25, -0.2) is 4.79 Å². The van der Waals surface area contributed by atoms with Crippen LogP contribution in [0.2, 0.25) is 0 Å². The van der Waals surface area contributed by atoms with Crippen molar-refractivity contribution in [3.05, 3.63) is 46.1 Å². The first-order chi connectivity index (χ1) is 12.5. The number of aromatic amines is 1. The van der Waals surface area contributed by atoms with E-state index in [1.54, 1.807) is 11.6 Å². The third-order valence-corrected chi connectivity index (χ3v) is 4.49. The van der Waals surface area contributed by atoms with Crippen molar-refractivity contribution < 1.29 is 9.47 Å². The molecule has 4 bridgehead atoms. The minimum absolute atomic E-state index is 0.216. The second-order valence-corrected chi connectivity index (χ2v) is 6.86. The molecule has 0 atom stereocenters. The quantitative estimate of drug-likeness (QED) is 0.760. The Kier molecular flexibility index (Phi) is 3.82. The van der Waals surface area contributed by atoms with Crippen LogP contribution in [0, 0.1) is 5.41 Å². The number of rotatable bonds is 1. The Morgan fingerprint density at radius 1 is 1.23 bits per heavy atom. The monoisotopic (exact) mass is 355 g/mol. The van der Waals surface area contributed by atoms with Crippen LogP contribution in [0.3, 0.4) is 0 Å². The van der Waals surface area contributed by atoms with Gasteiger partial charge in [-0.15, -0.1) is 0 Å². The van der Waals surface area contributed by atoms with E-state index in [0.717, 1.165) is 11.3 Å². The third kappa shape index (κ3) is 2.77. The average molecular weight is 355 g/mol. The number of nitrogens with zero attached hydrogens (tertiary/aromatic N) is 3. The molecule has 8 heteroatoms. The van der Waals surface area contributed by atoms with Crippen LogP contribution in [0.5, 0.6) is 6.01 Å². The first-order valence-corrected chi connectivity index (χ1v) is 8.51. The standard InChI is InChI=1S/C18H21N5O3/c1-18(2)9-11-8-12(18)25-6-4-5-7-26-16-21-14(19-3)13-15(22-16)23(10-11)17(24)20-13/h4-5,8-9H,6-7,10H2,1-3H3,(H,20,24)(H,19,21,22)/b5-4+. The van der Waals surface area contributed by atoms with E-state index in [0.29, 0.717) is 36.7 Å². The summed E-state index contributed by atoms with van der Waals surface area (Å²) in [5.41, 5.74) is 1.61. The van der Waals surface area contributed by atoms with E-state index in [1.165, 1.54) is 0 Å². The van der Waals surface area contributed by atoms with Gasteiger partial charge in [0.05, 0.1) is 6.54 Å². The molecule has 8 nitrogen and oxygen atoms in total. The summed E-state index contributed by atoms with van der Waals surface area (Å²) in [4.78, 5) is 24.1. The van der Waals surface area contributed by atoms with E-state index < -0.39 is 0 Å². The highest BCUT2D eigenvalue weighted by Gasteiger charge is 2.29. The molecule has 0 fully saturated rings. The molecule has 26 heavy (non-hydrogen) atoms. The molecule has 0 saturated carbocycles. The number of ether oxygens (including phenoxy) is 2. The fourth-order valence-corrected chi connectivity index (χ4v) is 3.23. The second-order valence-electron chi connectivity index (χ2n) is 6.86. The molecule has 0 spiro atoms. The molecule has 1 aliphatic carbocycles. The Morgan fingerprint density at radius 2 is 2.00 bits per heavy atom. The van der Waals surface area contributed by atoms with Gasteiger partial charge in [0.1, 0.15) is 24.5 Å². The number of allylic oxidation sites excluding steroid dienone is 3. The molecular formula is C18H21N5O3. The van der Waals surface area contributed by atoms with Gasteiger partial charge in [0.25, 0.3) is 0 Å². The number of imidazole rings is 1. The maximum absolute atomic E-state index is 12.5. The number of aromatic nitrogens is 4. The van der Waals surface area contributed by atoms with Crippen molar-refractivity contribution in [3.63, 3.8) is 0 Å². The lowest BCUT2D eigenvalue weighted by Gasteiger charge is -2.20. The zero-order valence-corrected chi connectivity index (χ0v) is 15.0. The lowest BCUT2D eigenvalue weighted by atomic mass is 9.94. The Labute approximate surface area is 150 Å². The maximum Gasteiger partial charge on any atom is 0.328 e. The zero-order chi connectivity index (χ0) is 18.3. The highest BCUT2D eigenvalue weighted by atomic mass is 16.5. The second kappa shape index (κ2) is 6.05. The molecule has 0 saturated heterocycles. The number of hydrogen-bond donors (Lipinski definition) is 2. The molecule has 2 aliphatic rings. The van der Waals surface area contributed by atoms with E-state index in [4.69, 9.17) is 9.47 Å². The van der Waals surface area contributed by atoms with Crippen molar-refractivity contribution in [2.75, 3.05) is 25.6 Å². The van der Waals surface area contributed by atoms with Crippen molar-refractivity contribution in [2.45, 2.75) is 20.4 Å². The first kappa shape index (κ1) is 16.4. The molecule has 0 unspecified atom stereocenters. The lowest BCUT2D eigenvalue weighted by molar-refractivity contribution is 0.193. The summed E-state index contributed by atoms with van der Waals surface area (Å²) in [5, 5.41) is 2.99. The van der Waals surface area contributed by atoms with Crippen molar-refractivity contribution in [1.29, 1.82) is 0 Å². The minimum atomic E-state index is -0.239. The van der Waals surface area contributed by atoms with Crippen LogP contribution in [-0.2, 0) is 11.3 Å².